The first-order valence-corrected chi connectivity index (χ1v) is 3.10. The Kier molecular flexibility index (Phi) is 1.92. The molecule has 11 heavy (non-hydrogen) atoms. The highest BCUT2D eigenvalue weighted by atomic mass is 19.4. The molecule has 0 aromatic heterocycles. The Balaban J connectivity index is 2.76. The van der Waals surface area contributed by atoms with Crippen LogP contribution in [0.2, 0.25) is 0 Å². The number of hydrazone groups is 1. The molecule has 0 amide bonds. The maximum Gasteiger partial charge on any atom is 0.451 e. The van der Waals surface area contributed by atoms with Gasteiger partial charge in [0.05, 0.1) is 6.54 Å². The van der Waals surface area contributed by atoms with E-state index in [9.17, 15) is 13.2 Å². The normalized spacial score (nSPS) is 19.3. The molecule has 0 fully saturated rings. The number of nitrogens with one attached hydrogen (secondary N) is 1. The van der Waals surface area contributed by atoms with Crippen molar-refractivity contribution in [1.29, 1.82) is 0 Å². The largest absolute Gasteiger partial charge is 0.451 e. The minimum atomic E-state index is -4.35. The van der Waals surface area contributed by atoms with Gasteiger partial charge in [0, 0.05) is 13.6 Å². The summed E-state index contributed by atoms with van der Waals surface area (Å²) in [6.07, 6.45) is -4.35. The van der Waals surface area contributed by atoms with Gasteiger partial charge in [-0.3, -0.25) is 0 Å². The molecule has 1 rings (SSSR count). The van der Waals surface area contributed by atoms with Crippen molar-refractivity contribution in [1.82, 2.24) is 10.3 Å². The lowest BCUT2D eigenvalue weighted by atomic mass is 10.4. The van der Waals surface area contributed by atoms with Gasteiger partial charge in [0.2, 0.25) is 5.84 Å². The molecule has 0 saturated carbocycles. The predicted molar refractivity (Wildman–Crippen MR) is 34.1 cm³/mol. The molecule has 0 aromatic carbocycles. The lowest BCUT2D eigenvalue weighted by molar-refractivity contribution is -0.0692. The highest BCUT2D eigenvalue weighted by molar-refractivity contribution is 5.87. The van der Waals surface area contributed by atoms with E-state index in [4.69, 9.17) is 0 Å². The molecule has 1 aliphatic heterocycles. The molecule has 6 heteroatoms. The highest BCUT2D eigenvalue weighted by Crippen LogP contribution is 2.19. The molecule has 0 aromatic rings. The third-order valence-corrected chi connectivity index (χ3v) is 1.36. The lowest BCUT2D eigenvalue weighted by Crippen LogP contribution is -2.46. The van der Waals surface area contributed by atoms with E-state index < -0.39 is 12.0 Å². The van der Waals surface area contributed by atoms with Crippen LogP contribution in [0.4, 0.5) is 13.2 Å². The van der Waals surface area contributed by atoms with Crippen molar-refractivity contribution >= 4 is 5.84 Å². The molecule has 64 valence electrons. The summed E-state index contributed by atoms with van der Waals surface area (Å²) >= 11 is 0. The van der Waals surface area contributed by atoms with Crippen LogP contribution in [-0.2, 0) is 0 Å². The third-order valence-electron chi connectivity index (χ3n) is 1.36. The van der Waals surface area contributed by atoms with Crippen LogP contribution in [0.1, 0.15) is 0 Å². The number of halogens is 3. The van der Waals surface area contributed by atoms with Crippen LogP contribution in [0.15, 0.2) is 5.10 Å². The van der Waals surface area contributed by atoms with Gasteiger partial charge in [-0.05, 0) is 0 Å². The minimum Gasteiger partial charge on any atom is -0.352 e. The molecular formula is C5H8F3N3. The van der Waals surface area contributed by atoms with E-state index >= 15 is 0 Å². The number of rotatable bonds is 0. The fourth-order valence-electron chi connectivity index (χ4n) is 0.820. The molecule has 1 aliphatic rings. The van der Waals surface area contributed by atoms with Crippen LogP contribution >= 0.6 is 0 Å². The Morgan fingerprint density at radius 1 is 1.55 bits per heavy atom. The maximum absolute atomic E-state index is 12.0. The predicted octanol–water partition coefficient (Wildman–Crippen LogP) is 0.397. The van der Waals surface area contributed by atoms with E-state index in [0.29, 0.717) is 13.1 Å². The summed E-state index contributed by atoms with van der Waals surface area (Å²) in [7, 11) is 1.37. The summed E-state index contributed by atoms with van der Waals surface area (Å²) in [6.45, 7) is 0.786. The van der Waals surface area contributed by atoms with Crippen molar-refractivity contribution in [3.63, 3.8) is 0 Å². The molecule has 1 N–H and O–H groups in total. The van der Waals surface area contributed by atoms with Gasteiger partial charge in [0.25, 0.3) is 0 Å². The summed E-state index contributed by atoms with van der Waals surface area (Å²) in [5, 5.41) is 3.15. The van der Waals surface area contributed by atoms with E-state index in [2.05, 4.69) is 10.5 Å². The number of alkyl halides is 3. The molecule has 0 unspecified atom stereocenters. The summed E-state index contributed by atoms with van der Waals surface area (Å²) < 4.78 is 35.9. The number of likely N-dealkylation sites (N-methyl/N-ethyl adjacent to an activating group) is 1. The summed E-state index contributed by atoms with van der Waals surface area (Å²) in [5.74, 6) is -0.858. The molecule has 0 atom stereocenters. The summed E-state index contributed by atoms with van der Waals surface area (Å²) in [5.41, 5.74) is 2.30. The van der Waals surface area contributed by atoms with Crippen molar-refractivity contribution in [3.8, 4) is 0 Å². The standard InChI is InChI=1S/C5H8F3N3/c1-11-3-2-9-10-4(11)5(6,7)8/h9H,2-3H2,1H3. The molecule has 0 saturated heterocycles. The average molecular weight is 167 g/mol. The fraction of sp³-hybridized carbons (Fsp3) is 0.800. The van der Waals surface area contributed by atoms with Gasteiger partial charge in [0.15, 0.2) is 0 Å². The van der Waals surface area contributed by atoms with Gasteiger partial charge in [-0.2, -0.15) is 18.3 Å². The number of amidine groups is 1. The van der Waals surface area contributed by atoms with Crippen LogP contribution in [0.25, 0.3) is 0 Å². The Morgan fingerprint density at radius 3 is 2.55 bits per heavy atom. The van der Waals surface area contributed by atoms with E-state index in [0.717, 1.165) is 4.90 Å². The topological polar surface area (TPSA) is 27.6 Å². The fourth-order valence-corrected chi connectivity index (χ4v) is 0.820. The van der Waals surface area contributed by atoms with E-state index in [1.54, 1.807) is 0 Å². The lowest BCUT2D eigenvalue weighted by Gasteiger charge is -2.26. The minimum absolute atomic E-state index is 0.332. The highest BCUT2D eigenvalue weighted by Gasteiger charge is 2.39. The molecule has 0 aliphatic carbocycles. The Bertz CT molecular complexity index is 174. The summed E-state index contributed by atoms with van der Waals surface area (Å²) in [4.78, 5) is 1.08. The molecular weight excluding hydrogens is 159 g/mol. The van der Waals surface area contributed by atoms with Gasteiger partial charge in [-0.15, -0.1) is 0 Å². The van der Waals surface area contributed by atoms with Crippen LogP contribution in [0.3, 0.4) is 0 Å². The van der Waals surface area contributed by atoms with Crippen molar-refractivity contribution in [2.75, 3.05) is 20.1 Å². The van der Waals surface area contributed by atoms with Gasteiger partial charge < -0.3 is 10.3 Å². The molecule has 0 radical (unpaired) electrons. The zero-order valence-corrected chi connectivity index (χ0v) is 5.94. The van der Waals surface area contributed by atoms with Gasteiger partial charge in [-0.1, -0.05) is 0 Å². The maximum atomic E-state index is 12.0. The number of hydrogen-bond donors (Lipinski definition) is 1. The van der Waals surface area contributed by atoms with E-state index in [1.807, 2.05) is 0 Å². The smallest absolute Gasteiger partial charge is 0.352 e. The molecule has 3 nitrogen and oxygen atoms in total. The van der Waals surface area contributed by atoms with Gasteiger partial charge >= 0.3 is 6.18 Å². The SMILES string of the molecule is CN1CCNN=C1C(F)(F)F. The van der Waals surface area contributed by atoms with Crippen molar-refractivity contribution < 1.29 is 13.2 Å². The zero-order valence-electron chi connectivity index (χ0n) is 5.94. The quantitative estimate of drug-likeness (QED) is 0.565. The van der Waals surface area contributed by atoms with Crippen LogP contribution < -0.4 is 5.43 Å². The van der Waals surface area contributed by atoms with Crippen molar-refractivity contribution in [2.24, 2.45) is 5.10 Å². The molecule has 0 bridgehead atoms. The Labute approximate surface area is 61.9 Å². The first-order valence-electron chi connectivity index (χ1n) is 3.10. The molecule has 1 heterocycles. The number of nitrogens with zero attached hydrogens (tertiary/aromatic N) is 2. The first-order chi connectivity index (χ1) is 5.02. The second kappa shape index (κ2) is 2.60. The average Bonchev–Trinajstić information content (AvgIpc) is 1.86. The second-order valence-corrected chi connectivity index (χ2v) is 2.26. The van der Waals surface area contributed by atoms with Crippen LogP contribution in [0.5, 0.6) is 0 Å². The summed E-state index contributed by atoms with van der Waals surface area (Å²) in [6, 6.07) is 0. The monoisotopic (exact) mass is 167 g/mol. The molecule has 0 spiro atoms. The second-order valence-electron chi connectivity index (χ2n) is 2.26. The zero-order chi connectivity index (χ0) is 8.48. The van der Waals surface area contributed by atoms with Crippen LogP contribution in [-0.4, -0.2) is 37.0 Å². The van der Waals surface area contributed by atoms with Gasteiger partial charge in [-0.25, -0.2) is 0 Å². The van der Waals surface area contributed by atoms with Crippen LogP contribution in [0, 0.1) is 0 Å². The van der Waals surface area contributed by atoms with Gasteiger partial charge in [0.1, 0.15) is 0 Å². The third kappa shape index (κ3) is 1.75. The van der Waals surface area contributed by atoms with E-state index in [1.165, 1.54) is 7.05 Å². The Morgan fingerprint density at radius 2 is 2.18 bits per heavy atom. The number of hydrogen-bond acceptors (Lipinski definition) is 3. The van der Waals surface area contributed by atoms with Crippen molar-refractivity contribution in [3.05, 3.63) is 0 Å². The first kappa shape index (κ1) is 8.16. The van der Waals surface area contributed by atoms with Crippen molar-refractivity contribution in [2.45, 2.75) is 6.18 Å². The van der Waals surface area contributed by atoms with E-state index in [-0.39, 0.29) is 0 Å². The Hall–Kier alpha value is -0.940.